The molecule has 0 aromatic carbocycles. The fourth-order valence-electron chi connectivity index (χ4n) is 10.3. The van der Waals surface area contributed by atoms with E-state index >= 15 is 0 Å². The molecule has 0 amide bonds. The highest BCUT2D eigenvalue weighted by Crippen LogP contribution is 2.38. The minimum Gasteiger partial charge on any atom is -0.756 e. The van der Waals surface area contributed by atoms with E-state index in [0.717, 1.165) is 83.5 Å². The van der Waals surface area contributed by atoms with Gasteiger partial charge in [-0.15, -0.1) is 0 Å². The van der Waals surface area contributed by atoms with Gasteiger partial charge in [-0.25, -0.2) is 0 Å². The normalized spacial score (nSPS) is 13.5. The summed E-state index contributed by atoms with van der Waals surface area (Å²) in [6.45, 7) is 4.17. The van der Waals surface area contributed by atoms with Crippen molar-refractivity contribution in [2.75, 3.05) is 47.5 Å². The number of quaternary nitrogens is 1. The highest BCUT2D eigenvalue weighted by Gasteiger charge is 2.22. The second-order valence-corrected chi connectivity index (χ2v) is 26.6. The van der Waals surface area contributed by atoms with Gasteiger partial charge in [0.05, 0.1) is 27.7 Å². The third kappa shape index (κ3) is 68.6. The largest absolute Gasteiger partial charge is 0.756 e. The smallest absolute Gasteiger partial charge is 0.306 e. The number of phosphoric acid groups is 1. The Kier molecular flexibility index (Phi) is 62.9. The summed E-state index contributed by atoms with van der Waals surface area (Å²) >= 11 is 0. The topological polar surface area (TPSA) is 111 Å². The maximum absolute atomic E-state index is 12.9. The Morgan fingerprint density at radius 3 is 1.01 bits per heavy atom. The standard InChI is InChI=1S/C74H136NO8P/c1-6-8-10-12-14-16-18-20-22-24-26-28-30-32-34-36-37-39-40-42-44-46-48-50-52-54-56-58-60-62-64-66-73(76)80-70-72(71-82-84(78,79)81-69-68-75(3,4)5)83-74(77)67-65-63-61-59-57-55-53-51-49-47-45-43-41-38-35-33-31-29-27-25-23-21-19-17-15-13-11-9-7-2/h9,11,15,17,21,23,27,29,33,35,41,43,72H,6-8,10,12-14,16,18-20,22,24-26,28,30-32,34,36-40,42,44-71H2,1-5H3/b11-9-,17-15-,23-21-,29-27-,35-33-,43-41-. The Bertz CT molecular complexity index is 1650. The van der Waals surface area contributed by atoms with Gasteiger partial charge in [0.2, 0.25) is 0 Å². The van der Waals surface area contributed by atoms with E-state index in [-0.39, 0.29) is 32.0 Å². The first kappa shape index (κ1) is 81.5. The zero-order valence-corrected chi connectivity index (χ0v) is 56.7. The molecule has 0 N–H and O–H groups in total. The van der Waals surface area contributed by atoms with E-state index in [0.29, 0.717) is 17.4 Å². The zero-order valence-electron chi connectivity index (χ0n) is 55.8. The molecule has 0 radical (unpaired) electrons. The third-order valence-electron chi connectivity index (χ3n) is 15.7. The van der Waals surface area contributed by atoms with Crippen LogP contribution in [0.2, 0.25) is 0 Å². The molecule has 0 aliphatic carbocycles. The molecular formula is C74H136NO8P. The lowest BCUT2D eigenvalue weighted by Crippen LogP contribution is -2.37. The average Bonchev–Trinajstić information content (AvgIpc) is 3.61. The number of carbonyl (C=O) groups excluding carboxylic acids is 2. The van der Waals surface area contributed by atoms with Crippen LogP contribution in [0.1, 0.15) is 335 Å². The summed E-state index contributed by atoms with van der Waals surface area (Å²) in [5.41, 5.74) is 0. The first-order valence-corrected chi connectivity index (χ1v) is 37.1. The Hall–Kier alpha value is -2.55. The van der Waals surface area contributed by atoms with Gasteiger partial charge >= 0.3 is 11.9 Å². The molecule has 0 rings (SSSR count). The molecule has 2 unspecified atom stereocenters. The molecule has 0 spiro atoms. The van der Waals surface area contributed by atoms with Gasteiger partial charge in [0.25, 0.3) is 7.82 Å². The lowest BCUT2D eigenvalue weighted by atomic mass is 10.0. The van der Waals surface area contributed by atoms with Crippen LogP contribution in [-0.4, -0.2) is 70.0 Å². The molecule has 0 aliphatic rings. The monoisotopic (exact) mass is 1200 g/mol. The fraction of sp³-hybridized carbons (Fsp3) is 0.811. The number of esters is 2. The molecule has 0 saturated heterocycles. The predicted octanol–water partition coefficient (Wildman–Crippen LogP) is 22.5. The van der Waals surface area contributed by atoms with Crippen molar-refractivity contribution in [1.29, 1.82) is 0 Å². The number of hydrogen-bond acceptors (Lipinski definition) is 8. The van der Waals surface area contributed by atoms with Crippen LogP contribution in [-0.2, 0) is 32.7 Å². The van der Waals surface area contributed by atoms with Crippen molar-refractivity contribution in [3.05, 3.63) is 72.9 Å². The van der Waals surface area contributed by atoms with E-state index < -0.39 is 26.5 Å². The van der Waals surface area contributed by atoms with Crippen LogP contribution < -0.4 is 4.89 Å². The molecule has 0 aliphatic heterocycles. The van der Waals surface area contributed by atoms with Crippen molar-refractivity contribution in [2.45, 2.75) is 341 Å². The van der Waals surface area contributed by atoms with Crippen molar-refractivity contribution in [2.24, 2.45) is 0 Å². The molecule has 0 aromatic heterocycles. The Morgan fingerprint density at radius 1 is 0.381 bits per heavy atom. The van der Waals surface area contributed by atoms with Crippen molar-refractivity contribution < 1.29 is 42.1 Å². The van der Waals surface area contributed by atoms with Crippen molar-refractivity contribution in [3.63, 3.8) is 0 Å². The summed E-state index contributed by atoms with van der Waals surface area (Å²) in [6, 6.07) is 0. The molecular weight excluding hydrogens is 1060 g/mol. The number of carbonyl (C=O) groups is 2. The first-order valence-electron chi connectivity index (χ1n) is 35.6. The molecule has 0 heterocycles. The van der Waals surface area contributed by atoms with Gasteiger partial charge in [-0.3, -0.25) is 14.2 Å². The second-order valence-electron chi connectivity index (χ2n) is 25.2. The maximum atomic E-state index is 12.9. The van der Waals surface area contributed by atoms with Crippen LogP contribution in [0.15, 0.2) is 72.9 Å². The van der Waals surface area contributed by atoms with Crippen molar-refractivity contribution in [3.8, 4) is 0 Å². The predicted molar refractivity (Wildman–Crippen MR) is 360 cm³/mol. The minimum absolute atomic E-state index is 0.0326. The van der Waals surface area contributed by atoms with E-state index in [1.165, 1.54) is 218 Å². The van der Waals surface area contributed by atoms with Crippen LogP contribution in [0.4, 0.5) is 0 Å². The van der Waals surface area contributed by atoms with E-state index in [4.69, 9.17) is 18.5 Å². The lowest BCUT2D eigenvalue weighted by Gasteiger charge is -2.28. The fourth-order valence-corrected chi connectivity index (χ4v) is 11.0. The van der Waals surface area contributed by atoms with Crippen LogP contribution in [0.25, 0.3) is 0 Å². The highest BCUT2D eigenvalue weighted by molar-refractivity contribution is 7.45. The molecule has 0 bridgehead atoms. The lowest BCUT2D eigenvalue weighted by molar-refractivity contribution is -0.870. The van der Waals surface area contributed by atoms with E-state index in [9.17, 15) is 19.0 Å². The van der Waals surface area contributed by atoms with Gasteiger partial charge in [0.15, 0.2) is 6.10 Å². The van der Waals surface area contributed by atoms with Gasteiger partial charge in [-0.1, -0.05) is 331 Å². The van der Waals surface area contributed by atoms with Crippen molar-refractivity contribution >= 4 is 19.8 Å². The SMILES string of the molecule is CC/C=C\C/C=C\C/C=C\C/C=C\C/C=C\C/C=C\CCCCCCCCCCCCC(=O)OC(COC(=O)CCCCCCCCCCCCCCCCCCCCCCCCCCCCCCCCC)COP(=O)([O-])OCC[N+](C)(C)C. The Morgan fingerprint density at radius 2 is 0.679 bits per heavy atom. The zero-order chi connectivity index (χ0) is 61.2. The van der Waals surface area contributed by atoms with Crippen LogP contribution >= 0.6 is 7.82 Å². The third-order valence-corrected chi connectivity index (χ3v) is 16.7. The first-order chi connectivity index (χ1) is 41.0. The summed E-state index contributed by atoms with van der Waals surface area (Å²) in [5, 5.41) is 0. The van der Waals surface area contributed by atoms with Crippen molar-refractivity contribution in [1.82, 2.24) is 0 Å². The number of hydrogen-bond donors (Lipinski definition) is 0. The average molecular weight is 1200 g/mol. The number of ether oxygens (including phenoxy) is 2. The number of allylic oxidation sites excluding steroid dienone is 12. The van der Waals surface area contributed by atoms with E-state index in [1.807, 2.05) is 21.1 Å². The van der Waals surface area contributed by atoms with Gasteiger partial charge in [0.1, 0.15) is 19.8 Å². The highest BCUT2D eigenvalue weighted by atomic mass is 31.2. The van der Waals surface area contributed by atoms with Gasteiger partial charge in [-0.2, -0.15) is 0 Å². The quantitative estimate of drug-likeness (QED) is 0.0195. The number of rotatable bonds is 66. The van der Waals surface area contributed by atoms with E-state index in [1.54, 1.807) is 0 Å². The molecule has 84 heavy (non-hydrogen) atoms. The summed E-state index contributed by atoms with van der Waals surface area (Å²) in [7, 11) is 1.17. The molecule has 0 aromatic rings. The number of phosphoric ester groups is 1. The van der Waals surface area contributed by atoms with Gasteiger partial charge < -0.3 is 27.9 Å². The van der Waals surface area contributed by atoms with Crippen LogP contribution in [0, 0.1) is 0 Å². The van der Waals surface area contributed by atoms with Crippen LogP contribution in [0.3, 0.4) is 0 Å². The Balaban J connectivity index is 4.03. The molecule has 490 valence electrons. The number of nitrogens with zero attached hydrogens (tertiary/aromatic N) is 1. The Labute approximate surface area is 520 Å². The molecule has 2 atom stereocenters. The summed E-state index contributed by atoms with van der Waals surface area (Å²) in [4.78, 5) is 38.1. The molecule has 9 nitrogen and oxygen atoms in total. The van der Waals surface area contributed by atoms with Crippen LogP contribution in [0.5, 0.6) is 0 Å². The minimum atomic E-state index is -4.65. The molecule has 10 heteroatoms. The second kappa shape index (κ2) is 64.9. The molecule has 0 fully saturated rings. The molecule has 0 saturated carbocycles. The summed E-state index contributed by atoms with van der Waals surface area (Å²) in [5.74, 6) is -0.826. The van der Waals surface area contributed by atoms with Gasteiger partial charge in [0, 0.05) is 12.8 Å². The van der Waals surface area contributed by atoms with Gasteiger partial charge in [-0.05, 0) is 64.2 Å². The summed E-state index contributed by atoms with van der Waals surface area (Å²) < 4.78 is 34.3. The maximum Gasteiger partial charge on any atom is 0.306 e. The number of unbranched alkanes of at least 4 members (excludes halogenated alkanes) is 40. The van der Waals surface area contributed by atoms with E-state index in [2.05, 4.69) is 86.8 Å². The summed E-state index contributed by atoms with van der Waals surface area (Å²) in [6.07, 6.45) is 87.0. The number of likely N-dealkylation sites (N-methyl/N-ethyl adjacent to an activating group) is 1.